The van der Waals surface area contributed by atoms with Crippen molar-refractivity contribution >= 4 is 23.4 Å². The molecule has 2 aliphatic heterocycles. The van der Waals surface area contributed by atoms with E-state index in [0.717, 1.165) is 0 Å². The van der Waals surface area contributed by atoms with Gasteiger partial charge in [-0.1, -0.05) is 6.92 Å². The number of carbonyl (C=O) groups is 1. The third-order valence-corrected chi connectivity index (χ3v) is 8.05. The smallest absolute Gasteiger partial charge is 0.416 e. The van der Waals surface area contributed by atoms with E-state index in [4.69, 9.17) is 19.3 Å². The molecule has 3 aromatic rings. The summed E-state index contributed by atoms with van der Waals surface area (Å²) in [6, 6.07) is 3.74. The number of methoxy groups -OCH3 is 1. The lowest BCUT2D eigenvalue weighted by atomic mass is 9.93. The van der Waals surface area contributed by atoms with Crippen LogP contribution in [0.15, 0.2) is 36.5 Å². The van der Waals surface area contributed by atoms with Gasteiger partial charge in [0.1, 0.15) is 6.61 Å². The number of alkyl halides is 6. The Morgan fingerprint density at radius 2 is 1.73 bits per heavy atom. The van der Waals surface area contributed by atoms with E-state index in [1.165, 1.54) is 18.2 Å². The van der Waals surface area contributed by atoms with Gasteiger partial charge in [0.25, 0.3) is 0 Å². The number of hydrogen-bond acceptors (Lipinski definition) is 10. The van der Waals surface area contributed by atoms with E-state index < -0.39 is 35.6 Å². The van der Waals surface area contributed by atoms with Crippen LogP contribution < -0.4 is 19.9 Å². The van der Waals surface area contributed by atoms with Gasteiger partial charge in [-0.25, -0.2) is 19.7 Å². The fourth-order valence-corrected chi connectivity index (χ4v) is 5.78. The second-order valence-corrected chi connectivity index (χ2v) is 11.2. The van der Waals surface area contributed by atoms with Crippen LogP contribution in [-0.2, 0) is 28.2 Å². The molecule has 2 aromatic heterocycles. The summed E-state index contributed by atoms with van der Waals surface area (Å²) in [7, 11) is 1.43. The average Bonchev–Trinajstić information content (AvgIpc) is 3.06. The van der Waals surface area contributed by atoms with Gasteiger partial charge in [0, 0.05) is 31.6 Å². The van der Waals surface area contributed by atoms with Gasteiger partial charge in [-0.2, -0.15) is 26.3 Å². The summed E-state index contributed by atoms with van der Waals surface area (Å²) in [5, 5.41) is 12.4. The summed E-state index contributed by atoms with van der Waals surface area (Å²) < 4.78 is 97.9. The van der Waals surface area contributed by atoms with E-state index in [0.29, 0.717) is 68.3 Å². The molecule has 1 fully saturated rings. The molecule has 2 atom stereocenters. The van der Waals surface area contributed by atoms with Crippen LogP contribution in [0.3, 0.4) is 0 Å². The van der Waals surface area contributed by atoms with E-state index in [9.17, 15) is 31.1 Å². The number of halogens is 6. The number of carbonyl (C=O) groups excluding carboxylic acids is 1. The number of pyridine rings is 1. The van der Waals surface area contributed by atoms with Crippen molar-refractivity contribution in [2.24, 2.45) is 0 Å². The predicted octanol–water partition coefficient (Wildman–Crippen LogP) is 5.62. The number of aromatic nitrogens is 3. The summed E-state index contributed by atoms with van der Waals surface area (Å²) in [6.07, 6.45) is -8.73. The highest BCUT2D eigenvalue weighted by atomic mass is 19.4. The lowest BCUT2D eigenvalue weighted by molar-refractivity contribution is -0.143. The van der Waals surface area contributed by atoms with Gasteiger partial charge in [-0.15, -0.1) is 0 Å². The third kappa shape index (κ3) is 7.84. The first-order valence-corrected chi connectivity index (χ1v) is 15.2. The number of benzene rings is 1. The molecule has 2 N–H and O–H groups in total. The molecule has 2 aliphatic rings. The predicted molar refractivity (Wildman–Crippen MR) is 161 cm³/mol. The number of aliphatic hydroxyl groups is 1. The van der Waals surface area contributed by atoms with Crippen LogP contribution in [-0.4, -0.2) is 78.8 Å². The molecule has 0 radical (unpaired) electrons. The van der Waals surface area contributed by atoms with Crippen molar-refractivity contribution < 1.29 is 50.5 Å². The summed E-state index contributed by atoms with van der Waals surface area (Å²) >= 11 is 0. The number of nitrogens with one attached hydrogen (secondary N) is 1. The molecular formula is C31H34F6N6O5. The lowest BCUT2D eigenvalue weighted by Crippen LogP contribution is -2.46. The molecule has 0 spiro atoms. The van der Waals surface area contributed by atoms with Crippen LogP contribution in [0.4, 0.5) is 48.5 Å². The first-order valence-electron chi connectivity index (χ1n) is 15.2. The van der Waals surface area contributed by atoms with Crippen molar-refractivity contribution in [3.8, 4) is 5.88 Å². The fourth-order valence-electron chi connectivity index (χ4n) is 5.78. The Bertz CT molecular complexity index is 1570. The normalized spacial score (nSPS) is 18.4. The zero-order valence-corrected chi connectivity index (χ0v) is 26.1. The number of hydrogen-bond donors (Lipinski definition) is 2. The lowest BCUT2D eigenvalue weighted by Gasteiger charge is -2.39. The summed E-state index contributed by atoms with van der Waals surface area (Å²) in [5.41, 5.74) is -1.59. The highest BCUT2D eigenvalue weighted by Crippen LogP contribution is 2.41. The largest absolute Gasteiger partial charge is 0.481 e. The number of ether oxygens (including phenoxy) is 3. The molecule has 4 heterocycles. The standard InChI is InChI=1S/C31H34F6N6O5/c1-3-21-16-23(27-24(4-5-26(41-27)46-2)43(21)29(45)48-11-8-44)40-28-38-17-25(42-6-9-47-10-7-42)22(39-28)14-18-12-19(30(32,33)34)15-20(13-18)31(35,36)37/h4-5,12-13,15,17,21,23,44H,3,6-11,14,16H2,1-2H3,(H,38,39,40)/t21-,23+/m1/s1. The van der Waals surface area contributed by atoms with Crippen molar-refractivity contribution in [1.29, 1.82) is 0 Å². The number of aliphatic hydroxyl groups excluding tert-OH is 1. The SMILES string of the molecule is CC[C@@H]1C[C@H](Nc2ncc(N3CCOCC3)c(Cc3cc(C(F)(F)F)cc(C(F)(F)F)c3)n2)c2nc(OC)ccc2N1C(=O)OCCO. The minimum absolute atomic E-state index is 0.0526. The van der Waals surface area contributed by atoms with E-state index in [1.807, 2.05) is 11.8 Å². The molecule has 11 nitrogen and oxygen atoms in total. The fraction of sp³-hybridized carbons (Fsp3) is 0.484. The zero-order valence-electron chi connectivity index (χ0n) is 26.1. The first-order chi connectivity index (χ1) is 22.8. The van der Waals surface area contributed by atoms with E-state index in [2.05, 4.69) is 20.3 Å². The Labute approximate surface area is 271 Å². The van der Waals surface area contributed by atoms with Crippen molar-refractivity contribution in [2.45, 2.75) is 50.6 Å². The number of nitrogens with zero attached hydrogens (tertiary/aromatic N) is 5. The molecule has 0 bridgehead atoms. The van der Waals surface area contributed by atoms with Crippen molar-refractivity contribution in [2.75, 3.05) is 61.7 Å². The minimum Gasteiger partial charge on any atom is -0.481 e. The molecule has 1 amide bonds. The maximum Gasteiger partial charge on any atom is 0.416 e. The van der Waals surface area contributed by atoms with Gasteiger partial charge < -0.3 is 29.5 Å². The van der Waals surface area contributed by atoms with Crippen LogP contribution in [0, 0.1) is 0 Å². The van der Waals surface area contributed by atoms with E-state index in [1.54, 1.807) is 12.1 Å². The maximum atomic E-state index is 13.7. The van der Waals surface area contributed by atoms with Crippen molar-refractivity contribution in [1.82, 2.24) is 15.0 Å². The average molecular weight is 685 g/mol. The quantitative estimate of drug-likeness (QED) is 0.275. The zero-order chi connectivity index (χ0) is 34.6. The molecule has 0 aliphatic carbocycles. The second kappa shape index (κ2) is 14.4. The van der Waals surface area contributed by atoms with Crippen LogP contribution >= 0.6 is 0 Å². The summed E-state index contributed by atoms with van der Waals surface area (Å²) in [6.45, 7) is 2.89. The molecule has 0 unspecified atom stereocenters. The summed E-state index contributed by atoms with van der Waals surface area (Å²) in [4.78, 5) is 30.0. The molecule has 0 saturated carbocycles. The highest BCUT2D eigenvalue weighted by Gasteiger charge is 2.39. The third-order valence-electron chi connectivity index (χ3n) is 8.05. The molecular weight excluding hydrogens is 650 g/mol. The molecule has 48 heavy (non-hydrogen) atoms. The minimum atomic E-state index is -5.00. The maximum absolute atomic E-state index is 13.7. The Morgan fingerprint density at radius 1 is 1.04 bits per heavy atom. The monoisotopic (exact) mass is 684 g/mol. The Morgan fingerprint density at radius 3 is 2.33 bits per heavy atom. The van der Waals surface area contributed by atoms with E-state index in [-0.39, 0.29) is 54.8 Å². The van der Waals surface area contributed by atoms with Crippen molar-refractivity contribution in [3.05, 3.63) is 64.6 Å². The van der Waals surface area contributed by atoms with Crippen LogP contribution in [0.1, 0.15) is 53.9 Å². The number of amides is 1. The molecule has 1 aromatic carbocycles. The van der Waals surface area contributed by atoms with Gasteiger partial charge in [0.15, 0.2) is 0 Å². The second-order valence-electron chi connectivity index (χ2n) is 11.2. The number of morpholine rings is 1. The van der Waals surface area contributed by atoms with Gasteiger partial charge in [-0.05, 0) is 42.7 Å². The van der Waals surface area contributed by atoms with Gasteiger partial charge in [0.05, 0.1) is 73.1 Å². The molecule has 17 heteroatoms. The van der Waals surface area contributed by atoms with Gasteiger partial charge in [0.2, 0.25) is 11.8 Å². The molecule has 5 rings (SSSR count). The topological polar surface area (TPSA) is 122 Å². The molecule has 260 valence electrons. The molecule has 1 saturated heterocycles. The number of anilines is 3. The van der Waals surface area contributed by atoms with E-state index >= 15 is 0 Å². The number of fused-ring (bicyclic) bond motifs is 1. The first kappa shape index (κ1) is 34.9. The van der Waals surface area contributed by atoms with Gasteiger partial charge in [-0.3, -0.25) is 4.90 Å². The summed E-state index contributed by atoms with van der Waals surface area (Å²) in [5.74, 6) is 0.310. The Hall–Kier alpha value is -4.38. The van der Waals surface area contributed by atoms with Crippen LogP contribution in [0.25, 0.3) is 0 Å². The van der Waals surface area contributed by atoms with Crippen LogP contribution in [0.2, 0.25) is 0 Å². The number of rotatable bonds is 9. The Kier molecular flexibility index (Phi) is 10.5. The van der Waals surface area contributed by atoms with Gasteiger partial charge >= 0.3 is 18.4 Å². The van der Waals surface area contributed by atoms with Crippen molar-refractivity contribution in [3.63, 3.8) is 0 Å². The Balaban J connectivity index is 1.54. The highest BCUT2D eigenvalue weighted by molar-refractivity contribution is 5.90. The van der Waals surface area contributed by atoms with Crippen LogP contribution in [0.5, 0.6) is 5.88 Å².